The van der Waals surface area contributed by atoms with Gasteiger partial charge in [0.05, 0.1) is 10.2 Å². The van der Waals surface area contributed by atoms with Crippen molar-refractivity contribution in [1.82, 2.24) is 4.98 Å². The van der Waals surface area contributed by atoms with Crippen LogP contribution >= 0.6 is 23.1 Å². The van der Waals surface area contributed by atoms with Crippen molar-refractivity contribution in [2.75, 3.05) is 17.2 Å². The maximum atomic E-state index is 12.2. The molecule has 22 heavy (non-hydrogen) atoms. The van der Waals surface area contributed by atoms with E-state index in [0.29, 0.717) is 18.7 Å². The van der Waals surface area contributed by atoms with Crippen LogP contribution in [0.1, 0.15) is 24.5 Å². The van der Waals surface area contributed by atoms with E-state index in [9.17, 15) is 9.59 Å². The number of fused-ring (bicyclic) bond motifs is 1. The van der Waals surface area contributed by atoms with E-state index in [2.05, 4.69) is 31.0 Å². The average molecular weight is 334 g/mol. The minimum atomic E-state index is 0.108. The molecule has 6 heteroatoms. The molecule has 3 rings (SSSR count). The molecule has 1 aliphatic rings. The number of carbonyl (C=O) groups excluding carboxylic acids is 2. The molecule has 0 aliphatic carbocycles. The highest BCUT2D eigenvalue weighted by Crippen LogP contribution is 2.34. The molecule has 0 N–H and O–H groups in total. The lowest BCUT2D eigenvalue weighted by Crippen LogP contribution is -2.24. The van der Waals surface area contributed by atoms with Crippen molar-refractivity contribution in [3.63, 3.8) is 0 Å². The summed E-state index contributed by atoms with van der Waals surface area (Å²) in [7, 11) is 0. The minimum absolute atomic E-state index is 0.108. The number of anilines is 1. The maximum Gasteiger partial charge on any atom is 0.229 e. The van der Waals surface area contributed by atoms with Crippen LogP contribution in [0.3, 0.4) is 0 Å². The van der Waals surface area contributed by atoms with Gasteiger partial charge in [0.2, 0.25) is 5.91 Å². The number of aryl methyl sites for hydroxylation is 2. The molecule has 0 saturated carbocycles. The van der Waals surface area contributed by atoms with E-state index in [-0.39, 0.29) is 16.9 Å². The highest BCUT2D eigenvalue weighted by molar-refractivity contribution is 8.13. The standard InChI is InChI=1S/C16H18N2O2S2/c1-9-4-13-14(5-10(9)2)22-16(17-13)18-7-12(6-15(18)20)8-21-11(3)19/h4-5,12H,6-8H2,1-3H3. The second-order valence-corrected chi connectivity index (χ2v) is 7.98. The van der Waals surface area contributed by atoms with E-state index in [1.807, 2.05) is 0 Å². The van der Waals surface area contributed by atoms with Crippen LogP contribution in [0.15, 0.2) is 12.1 Å². The molecule has 1 fully saturated rings. The van der Waals surface area contributed by atoms with E-state index in [1.165, 1.54) is 22.9 Å². The fraction of sp³-hybridized carbons (Fsp3) is 0.438. The molecule has 0 bridgehead atoms. The number of benzene rings is 1. The van der Waals surface area contributed by atoms with Crippen molar-refractivity contribution in [3.05, 3.63) is 23.3 Å². The van der Waals surface area contributed by atoms with Crippen LogP contribution in [0, 0.1) is 19.8 Å². The smallest absolute Gasteiger partial charge is 0.229 e. The third kappa shape index (κ3) is 3.03. The van der Waals surface area contributed by atoms with E-state index in [1.54, 1.807) is 23.2 Å². The van der Waals surface area contributed by atoms with Crippen molar-refractivity contribution in [2.24, 2.45) is 5.92 Å². The first-order valence-corrected chi connectivity index (χ1v) is 9.06. The number of hydrogen-bond donors (Lipinski definition) is 0. The topological polar surface area (TPSA) is 50.3 Å². The summed E-state index contributed by atoms with van der Waals surface area (Å²) in [6.45, 7) is 6.39. The van der Waals surface area contributed by atoms with Crippen LogP contribution in [0.2, 0.25) is 0 Å². The van der Waals surface area contributed by atoms with Crippen molar-refractivity contribution in [3.8, 4) is 0 Å². The Morgan fingerprint density at radius 3 is 2.86 bits per heavy atom. The summed E-state index contributed by atoms with van der Waals surface area (Å²) in [6, 6.07) is 4.21. The van der Waals surface area contributed by atoms with Crippen LogP contribution in [0.25, 0.3) is 10.2 Å². The van der Waals surface area contributed by atoms with Crippen LogP contribution in [0.4, 0.5) is 5.13 Å². The number of thiazole rings is 1. The van der Waals surface area contributed by atoms with Gasteiger partial charge in [0, 0.05) is 25.6 Å². The highest BCUT2D eigenvalue weighted by Gasteiger charge is 2.32. The number of rotatable bonds is 3. The van der Waals surface area contributed by atoms with Crippen molar-refractivity contribution in [2.45, 2.75) is 27.2 Å². The Labute approximate surface area is 137 Å². The summed E-state index contributed by atoms with van der Waals surface area (Å²) in [5, 5.41) is 0.886. The van der Waals surface area contributed by atoms with E-state index in [0.717, 1.165) is 15.3 Å². The van der Waals surface area contributed by atoms with Crippen LogP contribution in [-0.2, 0) is 9.59 Å². The van der Waals surface area contributed by atoms with Crippen molar-refractivity contribution >= 4 is 49.5 Å². The lowest BCUT2D eigenvalue weighted by molar-refractivity contribution is -0.117. The number of carbonyl (C=O) groups is 2. The molecule has 0 radical (unpaired) electrons. The zero-order valence-electron chi connectivity index (χ0n) is 12.9. The first kappa shape index (κ1) is 15.5. The summed E-state index contributed by atoms with van der Waals surface area (Å²) >= 11 is 2.87. The third-order valence-electron chi connectivity index (χ3n) is 3.95. The van der Waals surface area contributed by atoms with Gasteiger partial charge in [0.15, 0.2) is 10.2 Å². The Balaban J connectivity index is 1.82. The second-order valence-electron chi connectivity index (χ2n) is 5.78. The quantitative estimate of drug-likeness (QED) is 0.861. The fourth-order valence-corrected chi connectivity index (χ4v) is 4.36. The molecule has 116 valence electrons. The number of aromatic nitrogens is 1. The van der Waals surface area contributed by atoms with Gasteiger partial charge in [-0.15, -0.1) is 0 Å². The number of thioether (sulfide) groups is 1. The second kappa shape index (κ2) is 6.01. The largest absolute Gasteiger partial charge is 0.288 e. The Morgan fingerprint density at radius 2 is 2.14 bits per heavy atom. The van der Waals surface area contributed by atoms with Gasteiger partial charge in [-0.2, -0.15) is 0 Å². The molecule has 2 heterocycles. The molecule has 1 aliphatic heterocycles. The van der Waals surface area contributed by atoms with Gasteiger partial charge in [0.1, 0.15) is 0 Å². The number of nitrogens with zero attached hydrogens (tertiary/aromatic N) is 2. The Hall–Kier alpha value is -1.40. The molecule has 1 unspecified atom stereocenters. The Kier molecular flexibility index (Phi) is 4.23. The molecule has 1 atom stereocenters. The first-order valence-electron chi connectivity index (χ1n) is 7.25. The predicted octanol–water partition coefficient (Wildman–Crippen LogP) is 3.55. The van der Waals surface area contributed by atoms with Gasteiger partial charge in [-0.25, -0.2) is 4.98 Å². The monoisotopic (exact) mass is 334 g/mol. The molecule has 1 aromatic carbocycles. The summed E-state index contributed by atoms with van der Waals surface area (Å²) in [6.07, 6.45) is 0.508. The predicted molar refractivity (Wildman–Crippen MR) is 92.7 cm³/mol. The summed E-state index contributed by atoms with van der Waals surface area (Å²) in [5.74, 6) is 1.05. The first-order chi connectivity index (χ1) is 10.4. The molecule has 2 aromatic rings. The summed E-state index contributed by atoms with van der Waals surface area (Å²) in [4.78, 5) is 29.7. The Morgan fingerprint density at radius 1 is 1.41 bits per heavy atom. The minimum Gasteiger partial charge on any atom is -0.288 e. The molecule has 1 saturated heterocycles. The van der Waals surface area contributed by atoms with Gasteiger partial charge in [-0.05, 0) is 43.0 Å². The van der Waals surface area contributed by atoms with E-state index < -0.39 is 0 Å². The van der Waals surface area contributed by atoms with Gasteiger partial charge in [-0.1, -0.05) is 23.1 Å². The lowest BCUT2D eigenvalue weighted by Gasteiger charge is -2.12. The van der Waals surface area contributed by atoms with Gasteiger partial charge in [0.25, 0.3) is 0 Å². The summed E-state index contributed by atoms with van der Waals surface area (Å²) < 4.78 is 1.12. The molecule has 4 nitrogen and oxygen atoms in total. The van der Waals surface area contributed by atoms with Gasteiger partial charge in [-0.3, -0.25) is 14.5 Å². The SMILES string of the molecule is CC(=O)SCC1CC(=O)N(c2nc3cc(C)c(C)cc3s2)C1. The van der Waals surface area contributed by atoms with Gasteiger partial charge < -0.3 is 0 Å². The Bertz CT molecular complexity index is 715. The number of hydrogen-bond acceptors (Lipinski definition) is 5. The van der Waals surface area contributed by atoms with Crippen LogP contribution in [-0.4, -0.2) is 28.3 Å². The molecular weight excluding hydrogens is 316 g/mol. The van der Waals surface area contributed by atoms with Crippen molar-refractivity contribution in [1.29, 1.82) is 0 Å². The molecular formula is C16H18N2O2S2. The lowest BCUT2D eigenvalue weighted by atomic mass is 10.1. The highest BCUT2D eigenvalue weighted by atomic mass is 32.2. The zero-order valence-corrected chi connectivity index (χ0v) is 14.5. The molecule has 1 aromatic heterocycles. The van der Waals surface area contributed by atoms with Crippen LogP contribution in [0.5, 0.6) is 0 Å². The van der Waals surface area contributed by atoms with Crippen molar-refractivity contribution < 1.29 is 9.59 Å². The third-order valence-corrected chi connectivity index (χ3v) is 6.04. The zero-order chi connectivity index (χ0) is 15.9. The summed E-state index contributed by atoms with van der Waals surface area (Å²) in [5.41, 5.74) is 3.41. The normalized spacial score (nSPS) is 18.4. The maximum absolute atomic E-state index is 12.2. The molecule has 1 amide bonds. The average Bonchev–Trinajstić information content (AvgIpc) is 3.00. The van der Waals surface area contributed by atoms with Gasteiger partial charge >= 0.3 is 0 Å². The van der Waals surface area contributed by atoms with E-state index >= 15 is 0 Å². The molecule has 0 spiro atoms. The van der Waals surface area contributed by atoms with E-state index in [4.69, 9.17) is 0 Å². The fourth-order valence-electron chi connectivity index (χ4n) is 2.60. The van der Waals surface area contributed by atoms with Crippen LogP contribution < -0.4 is 4.90 Å². The number of amides is 1.